The molecular weight excluding hydrogens is 215 g/mol. The number of nitrogens with zero attached hydrogens (tertiary/aromatic N) is 1. The van der Waals surface area contributed by atoms with Crippen LogP contribution in [-0.2, 0) is 0 Å². The van der Waals surface area contributed by atoms with Crippen LogP contribution >= 0.6 is 0 Å². The molecule has 1 atom stereocenters. The molecule has 17 heavy (non-hydrogen) atoms. The van der Waals surface area contributed by atoms with Crippen LogP contribution in [0.2, 0.25) is 0 Å². The van der Waals surface area contributed by atoms with E-state index >= 15 is 0 Å². The minimum Gasteiger partial charge on any atom is -0.371 e. The van der Waals surface area contributed by atoms with E-state index in [2.05, 4.69) is 25.7 Å². The zero-order valence-electron chi connectivity index (χ0n) is 11.0. The number of hydrogen-bond acceptors (Lipinski definition) is 2. The topological polar surface area (TPSA) is 29.3 Å². The number of rotatable bonds is 6. The molecule has 1 aromatic carbocycles. The van der Waals surface area contributed by atoms with E-state index in [0.717, 1.165) is 25.2 Å². The van der Waals surface area contributed by atoms with E-state index in [1.54, 1.807) is 0 Å². The minimum absolute atomic E-state index is 0.115. The van der Waals surface area contributed by atoms with Crippen LogP contribution in [0, 0.1) is 11.2 Å². The van der Waals surface area contributed by atoms with Crippen molar-refractivity contribution in [1.29, 1.82) is 0 Å². The average molecular weight is 238 g/mol. The predicted octanol–water partition coefficient (Wildman–Crippen LogP) is 3.03. The standard InChI is InChI=1S/C14H23FN2/c1-4-14(3,10-16)11-17(5-2)13-8-6-12(15)7-9-13/h6-9H,4-5,10-11,16H2,1-3H3. The molecule has 0 radical (unpaired) electrons. The van der Waals surface area contributed by atoms with E-state index in [-0.39, 0.29) is 11.2 Å². The molecule has 0 saturated carbocycles. The third-order valence-electron chi connectivity index (χ3n) is 3.49. The Morgan fingerprint density at radius 1 is 1.24 bits per heavy atom. The molecule has 96 valence electrons. The third kappa shape index (κ3) is 3.70. The Balaban J connectivity index is 2.81. The first-order valence-electron chi connectivity index (χ1n) is 6.25. The first-order chi connectivity index (χ1) is 8.04. The molecule has 0 amide bonds. The van der Waals surface area contributed by atoms with Crippen LogP contribution in [-0.4, -0.2) is 19.6 Å². The van der Waals surface area contributed by atoms with Gasteiger partial charge in [-0.25, -0.2) is 4.39 Å². The van der Waals surface area contributed by atoms with Gasteiger partial charge in [0.1, 0.15) is 5.82 Å². The Kier molecular flexibility index (Phi) is 4.94. The zero-order valence-corrected chi connectivity index (χ0v) is 11.0. The first-order valence-corrected chi connectivity index (χ1v) is 6.25. The zero-order chi connectivity index (χ0) is 12.9. The van der Waals surface area contributed by atoms with Crippen LogP contribution in [0.4, 0.5) is 10.1 Å². The average Bonchev–Trinajstić information content (AvgIpc) is 2.37. The molecule has 0 aliphatic carbocycles. The highest BCUT2D eigenvalue weighted by atomic mass is 19.1. The Morgan fingerprint density at radius 2 is 1.82 bits per heavy atom. The van der Waals surface area contributed by atoms with Gasteiger partial charge >= 0.3 is 0 Å². The van der Waals surface area contributed by atoms with E-state index < -0.39 is 0 Å². The van der Waals surface area contributed by atoms with Crippen LogP contribution < -0.4 is 10.6 Å². The molecule has 0 aliphatic rings. The van der Waals surface area contributed by atoms with Gasteiger partial charge in [0.05, 0.1) is 0 Å². The summed E-state index contributed by atoms with van der Waals surface area (Å²) in [6.45, 7) is 8.94. The Bertz CT molecular complexity index is 331. The highest BCUT2D eigenvalue weighted by molar-refractivity contribution is 5.46. The van der Waals surface area contributed by atoms with Gasteiger partial charge in [-0.2, -0.15) is 0 Å². The molecule has 2 N–H and O–H groups in total. The molecule has 0 aromatic heterocycles. The molecule has 0 bridgehead atoms. The van der Waals surface area contributed by atoms with Crippen LogP contribution in [0.1, 0.15) is 27.2 Å². The second-order valence-corrected chi connectivity index (χ2v) is 4.86. The van der Waals surface area contributed by atoms with Crippen molar-refractivity contribution < 1.29 is 4.39 Å². The van der Waals surface area contributed by atoms with Gasteiger partial charge in [-0.3, -0.25) is 0 Å². The maximum atomic E-state index is 12.9. The maximum absolute atomic E-state index is 12.9. The summed E-state index contributed by atoms with van der Waals surface area (Å²) in [5.74, 6) is -0.193. The summed E-state index contributed by atoms with van der Waals surface area (Å²) in [5.41, 5.74) is 7.01. The second kappa shape index (κ2) is 6.01. The fourth-order valence-electron chi connectivity index (χ4n) is 1.82. The fourth-order valence-corrected chi connectivity index (χ4v) is 1.82. The molecule has 0 fully saturated rings. The molecular formula is C14H23FN2. The lowest BCUT2D eigenvalue weighted by Gasteiger charge is -2.34. The van der Waals surface area contributed by atoms with Gasteiger partial charge in [-0.1, -0.05) is 13.8 Å². The number of halogens is 1. The van der Waals surface area contributed by atoms with Crippen LogP contribution in [0.3, 0.4) is 0 Å². The SMILES string of the molecule is CCN(CC(C)(CC)CN)c1ccc(F)cc1. The maximum Gasteiger partial charge on any atom is 0.123 e. The summed E-state index contributed by atoms with van der Waals surface area (Å²) < 4.78 is 12.9. The third-order valence-corrected chi connectivity index (χ3v) is 3.49. The Morgan fingerprint density at radius 3 is 2.24 bits per heavy atom. The number of benzene rings is 1. The van der Waals surface area contributed by atoms with Crippen LogP contribution in [0.15, 0.2) is 24.3 Å². The van der Waals surface area contributed by atoms with Gasteiger partial charge in [0.2, 0.25) is 0 Å². The normalized spacial score (nSPS) is 14.4. The molecule has 0 saturated heterocycles. The van der Waals surface area contributed by atoms with Gasteiger partial charge in [0.25, 0.3) is 0 Å². The summed E-state index contributed by atoms with van der Waals surface area (Å²) in [7, 11) is 0. The summed E-state index contributed by atoms with van der Waals surface area (Å²) >= 11 is 0. The van der Waals surface area contributed by atoms with Gasteiger partial charge in [0.15, 0.2) is 0 Å². The summed E-state index contributed by atoms with van der Waals surface area (Å²) in [5, 5.41) is 0. The molecule has 0 heterocycles. The quantitative estimate of drug-likeness (QED) is 0.825. The van der Waals surface area contributed by atoms with Gasteiger partial charge < -0.3 is 10.6 Å². The first kappa shape index (κ1) is 14.0. The van der Waals surface area contributed by atoms with Crippen LogP contribution in [0.5, 0.6) is 0 Å². The van der Waals surface area contributed by atoms with E-state index in [4.69, 9.17) is 5.73 Å². The van der Waals surface area contributed by atoms with Crippen molar-refractivity contribution in [3.8, 4) is 0 Å². The van der Waals surface area contributed by atoms with Crippen molar-refractivity contribution in [3.63, 3.8) is 0 Å². The van der Waals surface area contributed by atoms with Gasteiger partial charge in [0, 0.05) is 18.8 Å². The lowest BCUT2D eigenvalue weighted by atomic mass is 9.87. The second-order valence-electron chi connectivity index (χ2n) is 4.86. The van der Waals surface area contributed by atoms with Crippen molar-refractivity contribution in [3.05, 3.63) is 30.1 Å². The van der Waals surface area contributed by atoms with Crippen LogP contribution in [0.25, 0.3) is 0 Å². The lowest BCUT2D eigenvalue weighted by Crippen LogP contribution is -2.40. The van der Waals surface area contributed by atoms with Gasteiger partial charge in [-0.05, 0) is 49.6 Å². The van der Waals surface area contributed by atoms with Crippen molar-refractivity contribution in [2.75, 3.05) is 24.5 Å². The summed E-state index contributed by atoms with van der Waals surface area (Å²) in [6, 6.07) is 6.66. The largest absolute Gasteiger partial charge is 0.371 e. The molecule has 0 spiro atoms. The number of hydrogen-bond donors (Lipinski definition) is 1. The van der Waals surface area contributed by atoms with Gasteiger partial charge in [-0.15, -0.1) is 0 Å². The van der Waals surface area contributed by atoms with Crippen molar-refractivity contribution in [1.82, 2.24) is 0 Å². The number of anilines is 1. The van der Waals surface area contributed by atoms with Crippen molar-refractivity contribution in [2.45, 2.75) is 27.2 Å². The Labute approximate surface area is 104 Å². The van der Waals surface area contributed by atoms with Crippen molar-refractivity contribution in [2.24, 2.45) is 11.1 Å². The van der Waals surface area contributed by atoms with E-state index in [0.29, 0.717) is 6.54 Å². The molecule has 1 rings (SSSR count). The molecule has 3 heteroatoms. The fraction of sp³-hybridized carbons (Fsp3) is 0.571. The lowest BCUT2D eigenvalue weighted by molar-refractivity contribution is 0.326. The molecule has 1 unspecified atom stereocenters. The molecule has 2 nitrogen and oxygen atoms in total. The monoisotopic (exact) mass is 238 g/mol. The predicted molar refractivity (Wildman–Crippen MR) is 71.7 cm³/mol. The minimum atomic E-state index is -0.193. The summed E-state index contributed by atoms with van der Waals surface area (Å²) in [4.78, 5) is 2.25. The number of nitrogens with two attached hydrogens (primary N) is 1. The van der Waals surface area contributed by atoms with Crippen molar-refractivity contribution >= 4 is 5.69 Å². The molecule has 0 aliphatic heterocycles. The van der Waals surface area contributed by atoms with E-state index in [1.165, 1.54) is 12.1 Å². The highest BCUT2D eigenvalue weighted by Crippen LogP contribution is 2.24. The highest BCUT2D eigenvalue weighted by Gasteiger charge is 2.23. The van der Waals surface area contributed by atoms with E-state index in [9.17, 15) is 4.39 Å². The summed E-state index contributed by atoms with van der Waals surface area (Å²) in [6.07, 6.45) is 1.04. The Hall–Kier alpha value is -1.09. The van der Waals surface area contributed by atoms with E-state index in [1.807, 2.05) is 12.1 Å². The molecule has 1 aromatic rings. The smallest absolute Gasteiger partial charge is 0.123 e.